The molecule has 1 fully saturated rings. The second-order valence-corrected chi connectivity index (χ2v) is 7.84. The number of methoxy groups -OCH3 is 1. The lowest BCUT2D eigenvalue weighted by Crippen LogP contribution is -2.50. The molecule has 0 radical (unpaired) electrons. The summed E-state index contributed by atoms with van der Waals surface area (Å²) in [4.78, 5) is 27.6. The summed E-state index contributed by atoms with van der Waals surface area (Å²) in [7, 11) is 1.60. The van der Waals surface area contributed by atoms with Crippen LogP contribution in [0.25, 0.3) is 0 Å². The zero-order valence-corrected chi connectivity index (χ0v) is 17.6. The van der Waals surface area contributed by atoms with Crippen LogP contribution in [0, 0.1) is 5.82 Å². The van der Waals surface area contributed by atoms with Gasteiger partial charge in [0.05, 0.1) is 13.5 Å². The lowest BCUT2D eigenvalue weighted by atomic mass is 10.1. The highest BCUT2D eigenvalue weighted by Gasteiger charge is 2.28. The van der Waals surface area contributed by atoms with Crippen molar-refractivity contribution in [3.8, 4) is 5.75 Å². The van der Waals surface area contributed by atoms with Crippen molar-refractivity contribution >= 4 is 11.8 Å². The predicted molar refractivity (Wildman–Crippen MR) is 114 cm³/mol. The molecule has 0 aliphatic heterocycles. The first-order valence-corrected chi connectivity index (χ1v) is 10.4. The number of nitrogens with zero attached hydrogens (tertiary/aromatic N) is 1. The molecular weight excluding hydrogens is 383 g/mol. The van der Waals surface area contributed by atoms with Crippen LogP contribution in [0.3, 0.4) is 0 Å². The molecule has 6 heteroatoms. The third-order valence-electron chi connectivity index (χ3n) is 5.65. The normalized spacial score (nSPS) is 14.9. The molecule has 2 aromatic carbocycles. The Bertz CT molecular complexity index is 846. The maximum absolute atomic E-state index is 13.2. The van der Waals surface area contributed by atoms with Gasteiger partial charge in [0.1, 0.15) is 17.6 Å². The highest BCUT2D eigenvalue weighted by Crippen LogP contribution is 2.19. The van der Waals surface area contributed by atoms with Gasteiger partial charge < -0.3 is 15.0 Å². The highest BCUT2D eigenvalue weighted by atomic mass is 19.1. The third-order valence-corrected chi connectivity index (χ3v) is 5.65. The number of halogens is 1. The fraction of sp³-hybridized carbons (Fsp3) is 0.417. The monoisotopic (exact) mass is 412 g/mol. The van der Waals surface area contributed by atoms with Gasteiger partial charge in [-0.25, -0.2) is 4.39 Å². The lowest BCUT2D eigenvalue weighted by Gasteiger charge is -2.30. The van der Waals surface area contributed by atoms with E-state index in [1.165, 1.54) is 12.1 Å². The molecule has 0 saturated heterocycles. The van der Waals surface area contributed by atoms with Crippen LogP contribution >= 0.6 is 0 Å². The number of nitrogens with one attached hydrogen (secondary N) is 1. The smallest absolute Gasteiger partial charge is 0.242 e. The molecule has 1 aliphatic carbocycles. The Labute approximate surface area is 177 Å². The average Bonchev–Trinajstić information content (AvgIpc) is 3.26. The van der Waals surface area contributed by atoms with Crippen molar-refractivity contribution in [3.05, 3.63) is 65.5 Å². The molecule has 0 aromatic heterocycles. The van der Waals surface area contributed by atoms with E-state index in [9.17, 15) is 14.0 Å². The molecular formula is C24H29FN2O3. The summed E-state index contributed by atoms with van der Waals surface area (Å²) < 4.78 is 18.4. The minimum atomic E-state index is -0.611. The summed E-state index contributed by atoms with van der Waals surface area (Å²) in [6.45, 7) is 2.07. The molecule has 0 spiro atoms. The second-order valence-electron chi connectivity index (χ2n) is 7.84. The molecule has 0 bridgehead atoms. The van der Waals surface area contributed by atoms with Crippen LogP contribution in [0.15, 0.2) is 48.5 Å². The van der Waals surface area contributed by atoms with Crippen molar-refractivity contribution in [1.29, 1.82) is 0 Å². The molecule has 5 nitrogen and oxygen atoms in total. The Morgan fingerprint density at radius 2 is 1.67 bits per heavy atom. The largest absolute Gasteiger partial charge is 0.497 e. The summed E-state index contributed by atoms with van der Waals surface area (Å²) in [5.74, 6) is 0.0786. The highest BCUT2D eigenvalue weighted by molar-refractivity contribution is 5.88. The fourth-order valence-electron chi connectivity index (χ4n) is 3.78. The van der Waals surface area contributed by atoms with E-state index in [1.807, 2.05) is 24.3 Å². The predicted octanol–water partition coefficient (Wildman–Crippen LogP) is 3.85. The van der Waals surface area contributed by atoms with Crippen molar-refractivity contribution in [2.45, 2.75) is 57.7 Å². The maximum atomic E-state index is 13.2. The quantitative estimate of drug-likeness (QED) is 0.716. The van der Waals surface area contributed by atoms with E-state index in [-0.39, 0.29) is 30.1 Å². The van der Waals surface area contributed by atoms with Crippen molar-refractivity contribution in [3.63, 3.8) is 0 Å². The molecule has 1 atom stereocenters. The minimum Gasteiger partial charge on any atom is -0.497 e. The Balaban J connectivity index is 1.75. The Kier molecular flexibility index (Phi) is 7.44. The zero-order valence-electron chi connectivity index (χ0n) is 17.6. The molecule has 1 saturated carbocycles. The summed E-state index contributed by atoms with van der Waals surface area (Å²) >= 11 is 0. The van der Waals surface area contributed by atoms with E-state index in [1.54, 1.807) is 31.1 Å². The maximum Gasteiger partial charge on any atom is 0.242 e. The number of hydrogen-bond acceptors (Lipinski definition) is 3. The van der Waals surface area contributed by atoms with Crippen LogP contribution in [0.1, 0.15) is 43.7 Å². The van der Waals surface area contributed by atoms with Gasteiger partial charge in [-0.2, -0.15) is 0 Å². The van der Waals surface area contributed by atoms with E-state index in [0.29, 0.717) is 12.1 Å². The molecule has 2 amide bonds. The SMILES string of the molecule is COc1ccc(CN(C(=O)Cc2ccc(F)cc2)[C@H](C)C(=O)NC2CCCC2)cc1. The molecule has 160 valence electrons. The van der Waals surface area contributed by atoms with Crippen LogP contribution in [0.4, 0.5) is 4.39 Å². The summed E-state index contributed by atoms with van der Waals surface area (Å²) in [6.07, 6.45) is 4.33. The Hall–Kier alpha value is -2.89. The van der Waals surface area contributed by atoms with Crippen LogP contribution in [0.5, 0.6) is 5.75 Å². The molecule has 2 aromatic rings. The third kappa shape index (κ3) is 5.81. The van der Waals surface area contributed by atoms with Gasteiger partial charge in [0.25, 0.3) is 0 Å². The summed E-state index contributed by atoms with van der Waals surface area (Å²) in [5.41, 5.74) is 1.62. The van der Waals surface area contributed by atoms with Gasteiger partial charge in [-0.15, -0.1) is 0 Å². The van der Waals surface area contributed by atoms with E-state index >= 15 is 0 Å². The standard InChI is InChI=1S/C24H29FN2O3/c1-17(24(29)26-21-5-3-4-6-21)27(16-19-9-13-22(30-2)14-10-19)23(28)15-18-7-11-20(25)12-8-18/h7-14,17,21H,3-6,15-16H2,1-2H3,(H,26,29)/t17-/m1/s1. The van der Waals surface area contributed by atoms with Crippen molar-refractivity contribution in [1.82, 2.24) is 10.2 Å². The number of ether oxygens (including phenoxy) is 1. The number of carbonyl (C=O) groups excluding carboxylic acids is 2. The first-order valence-electron chi connectivity index (χ1n) is 10.4. The van der Waals surface area contributed by atoms with Crippen molar-refractivity contribution < 1.29 is 18.7 Å². The van der Waals surface area contributed by atoms with Gasteiger partial charge in [-0.05, 0) is 55.2 Å². The summed E-state index contributed by atoms with van der Waals surface area (Å²) in [6, 6.07) is 12.9. The molecule has 1 N–H and O–H groups in total. The molecule has 1 aliphatic rings. The van der Waals surface area contributed by atoms with Crippen molar-refractivity contribution in [2.24, 2.45) is 0 Å². The lowest BCUT2D eigenvalue weighted by molar-refractivity contribution is -0.140. The first kappa shape index (κ1) is 21.8. The summed E-state index contributed by atoms with van der Waals surface area (Å²) in [5, 5.41) is 3.09. The van der Waals surface area contributed by atoms with Crippen LogP contribution < -0.4 is 10.1 Å². The molecule has 3 rings (SSSR count). The van der Waals surface area contributed by atoms with Crippen LogP contribution in [-0.2, 0) is 22.6 Å². The van der Waals surface area contributed by atoms with Crippen LogP contribution in [0.2, 0.25) is 0 Å². The first-order chi connectivity index (χ1) is 14.5. The minimum absolute atomic E-state index is 0.109. The number of rotatable bonds is 8. The Morgan fingerprint density at radius 1 is 1.07 bits per heavy atom. The molecule has 30 heavy (non-hydrogen) atoms. The van der Waals surface area contributed by atoms with E-state index in [2.05, 4.69) is 5.32 Å². The molecule has 0 heterocycles. The van der Waals surface area contributed by atoms with Gasteiger partial charge in [-0.1, -0.05) is 37.1 Å². The fourth-order valence-corrected chi connectivity index (χ4v) is 3.78. The van der Waals surface area contributed by atoms with E-state index in [0.717, 1.165) is 37.0 Å². The number of hydrogen-bond donors (Lipinski definition) is 1. The van der Waals surface area contributed by atoms with Gasteiger partial charge in [-0.3, -0.25) is 9.59 Å². The van der Waals surface area contributed by atoms with E-state index < -0.39 is 6.04 Å². The number of carbonyl (C=O) groups is 2. The Morgan fingerprint density at radius 3 is 2.27 bits per heavy atom. The van der Waals surface area contributed by atoms with E-state index in [4.69, 9.17) is 4.74 Å². The van der Waals surface area contributed by atoms with Gasteiger partial charge in [0, 0.05) is 12.6 Å². The number of benzene rings is 2. The topological polar surface area (TPSA) is 58.6 Å². The van der Waals surface area contributed by atoms with Crippen molar-refractivity contribution in [2.75, 3.05) is 7.11 Å². The van der Waals surface area contributed by atoms with Crippen LogP contribution in [-0.4, -0.2) is 35.9 Å². The second kappa shape index (κ2) is 10.2. The van der Waals surface area contributed by atoms with Gasteiger partial charge in [0.15, 0.2) is 0 Å². The average molecular weight is 413 g/mol. The molecule has 0 unspecified atom stereocenters. The van der Waals surface area contributed by atoms with Gasteiger partial charge in [0.2, 0.25) is 11.8 Å². The number of amides is 2. The van der Waals surface area contributed by atoms with Gasteiger partial charge >= 0.3 is 0 Å². The zero-order chi connectivity index (χ0) is 21.5.